The number of thiazole rings is 1. The molecule has 3 rings (SSSR count). The first kappa shape index (κ1) is 16.7. The Bertz CT molecular complexity index is 863. The van der Waals surface area contributed by atoms with E-state index in [2.05, 4.69) is 10.3 Å². The number of nitrogens with one attached hydrogen (secondary N) is 1. The summed E-state index contributed by atoms with van der Waals surface area (Å²) in [5.41, 5.74) is 2.01. The van der Waals surface area contributed by atoms with Crippen LogP contribution in [0.15, 0.2) is 58.8 Å². The molecule has 1 heterocycles. The fraction of sp³-hybridized carbons (Fsp3) is 0.111. The number of rotatable bonds is 5. The van der Waals surface area contributed by atoms with E-state index in [4.69, 9.17) is 0 Å². The van der Waals surface area contributed by atoms with Crippen molar-refractivity contribution in [1.29, 1.82) is 0 Å². The number of nitrogens with zero attached hydrogens (tertiary/aromatic N) is 1. The highest BCUT2D eigenvalue weighted by molar-refractivity contribution is 7.98. The van der Waals surface area contributed by atoms with Gasteiger partial charge in [0.1, 0.15) is 5.82 Å². The summed E-state index contributed by atoms with van der Waals surface area (Å²) in [6.45, 7) is 1.97. The summed E-state index contributed by atoms with van der Waals surface area (Å²) in [7, 11) is 0. The number of aromatic nitrogens is 1. The Hall–Kier alpha value is -2.18. The van der Waals surface area contributed by atoms with E-state index in [-0.39, 0.29) is 11.7 Å². The first-order valence-corrected chi connectivity index (χ1v) is 9.18. The molecule has 3 aromatic rings. The van der Waals surface area contributed by atoms with E-state index >= 15 is 0 Å². The van der Waals surface area contributed by atoms with Crippen molar-refractivity contribution in [1.82, 2.24) is 4.98 Å². The Balaban J connectivity index is 1.74. The van der Waals surface area contributed by atoms with Crippen molar-refractivity contribution in [2.45, 2.75) is 17.6 Å². The molecule has 0 radical (unpaired) electrons. The monoisotopic (exact) mass is 358 g/mol. The van der Waals surface area contributed by atoms with Gasteiger partial charge < -0.3 is 5.32 Å². The number of thioether (sulfide) groups is 1. The highest BCUT2D eigenvalue weighted by Gasteiger charge is 2.12. The van der Waals surface area contributed by atoms with Crippen molar-refractivity contribution in [2.24, 2.45) is 0 Å². The van der Waals surface area contributed by atoms with Gasteiger partial charge >= 0.3 is 0 Å². The van der Waals surface area contributed by atoms with Crippen molar-refractivity contribution >= 4 is 34.7 Å². The smallest absolute Gasteiger partial charge is 0.256 e. The summed E-state index contributed by atoms with van der Waals surface area (Å²) in [4.78, 5) is 17.8. The minimum atomic E-state index is -0.380. The van der Waals surface area contributed by atoms with Gasteiger partial charge in [0, 0.05) is 21.7 Å². The number of halogens is 1. The molecule has 0 fully saturated rings. The lowest BCUT2D eigenvalue weighted by Crippen LogP contribution is -2.13. The molecule has 1 N–H and O–H groups in total. The Morgan fingerprint density at radius 3 is 2.83 bits per heavy atom. The zero-order chi connectivity index (χ0) is 16.9. The normalized spacial score (nSPS) is 10.6. The highest BCUT2D eigenvalue weighted by atomic mass is 32.2. The molecule has 1 amide bonds. The second-order valence-electron chi connectivity index (χ2n) is 5.11. The Kier molecular flexibility index (Phi) is 5.27. The average Bonchev–Trinajstić information content (AvgIpc) is 2.99. The molecule has 0 unspecified atom stereocenters. The third-order valence-corrected chi connectivity index (χ3v) is 5.19. The molecule has 24 heavy (non-hydrogen) atoms. The Morgan fingerprint density at radius 2 is 2.08 bits per heavy atom. The van der Waals surface area contributed by atoms with Crippen molar-refractivity contribution in [3.63, 3.8) is 0 Å². The number of hydrogen-bond acceptors (Lipinski definition) is 4. The third kappa shape index (κ3) is 4.21. The van der Waals surface area contributed by atoms with E-state index in [1.54, 1.807) is 41.3 Å². The summed E-state index contributed by atoms with van der Waals surface area (Å²) >= 11 is 3.18. The Morgan fingerprint density at radius 1 is 1.25 bits per heavy atom. The summed E-state index contributed by atoms with van der Waals surface area (Å²) in [6.07, 6.45) is 0. The molecule has 0 saturated carbocycles. The molecule has 1 aromatic heterocycles. The lowest BCUT2D eigenvalue weighted by Gasteiger charge is -2.09. The number of anilines is 1. The molecular weight excluding hydrogens is 343 g/mol. The van der Waals surface area contributed by atoms with Crippen molar-refractivity contribution < 1.29 is 9.18 Å². The minimum Gasteiger partial charge on any atom is -0.322 e. The highest BCUT2D eigenvalue weighted by Crippen LogP contribution is 2.27. The maximum Gasteiger partial charge on any atom is 0.256 e. The first-order chi connectivity index (χ1) is 11.6. The molecule has 0 aliphatic rings. The number of carbonyl (C=O) groups is 1. The summed E-state index contributed by atoms with van der Waals surface area (Å²) < 4.78 is 13.2. The molecule has 6 heteroatoms. The van der Waals surface area contributed by atoms with Gasteiger partial charge in [0.15, 0.2) is 0 Å². The maximum atomic E-state index is 13.2. The second kappa shape index (κ2) is 7.59. The Labute approximate surface area is 148 Å². The van der Waals surface area contributed by atoms with E-state index < -0.39 is 0 Å². The fourth-order valence-corrected chi connectivity index (χ4v) is 3.83. The van der Waals surface area contributed by atoms with Crippen molar-refractivity contribution in [3.8, 4) is 0 Å². The van der Waals surface area contributed by atoms with Crippen LogP contribution in [0.25, 0.3) is 0 Å². The molecule has 3 nitrogen and oxygen atoms in total. The molecule has 0 aliphatic heterocycles. The molecule has 122 valence electrons. The first-order valence-electron chi connectivity index (χ1n) is 7.31. The molecule has 0 saturated heterocycles. The van der Waals surface area contributed by atoms with E-state index in [9.17, 15) is 9.18 Å². The third-order valence-electron chi connectivity index (χ3n) is 3.26. The van der Waals surface area contributed by atoms with E-state index in [0.717, 1.165) is 15.6 Å². The van der Waals surface area contributed by atoms with Gasteiger partial charge in [-0.1, -0.05) is 18.2 Å². The number of aryl methyl sites for hydroxylation is 1. The molecule has 0 bridgehead atoms. The second-order valence-corrected chi connectivity index (χ2v) is 7.19. The van der Waals surface area contributed by atoms with Gasteiger partial charge in [0.05, 0.1) is 16.3 Å². The predicted molar refractivity (Wildman–Crippen MR) is 97.2 cm³/mol. The van der Waals surface area contributed by atoms with Gasteiger partial charge in [-0.3, -0.25) is 4.79 Å². The largest absolute Gasteiger partial charge is 0.322 e. The van der Waals surface area contributed by atoms with Gasteiger partial charge in [-0.25, -0.2) is 9.37 Å². The fourth-order valence-electron chi connectivity index (χ4n) is 2.17. The SMILES string of the molecule is Cc1nc(CSc2ccccc2C(=O)Nc2cccc(F)c2)cs1. The van der Waals surface area contributed by atoms with E-state index in [1.807, 2.05) is 30.5 Å². The van der Waals surface area contributed by atoms with Crippen molar-refractivity contribution in [3.05, 3.63) is 76.0 Å². The van der Waals surface area contributed by atoms with Crippen LogP contribution in [-0.4, -0.2) is 10.9 Å². The van der Waals surface area contributed by atoms with Gasteiger partial charge in [-0.05, 0) is 37.3 Å². The quantitative estimate of drug-likeness (QED) is 0.643. The van der Waals surface area contributed by atoms with Crippen LogP contribution in [0.4, 0.5) is 10.1 Å². The topological polar surface area (TPSA) is 42.0 Å². The van der Waals surface area contributed by atoms with Gasteiger partial charge in [0.2, 0.25) is 0 Å². The zero-order valence-corrected chi connectivity index (χ0v) is 14.6. The summed E-state index contributed by atoms with van der Waals surface area (Å²) in [6, 6.07) is 13.3. The van der Waals surface area contributed by atoms with E-state index in [0.29, 0.717) is 17.0 Å². The molecule has 0 spiro atoms. The lowest BCUT2D eigenvalue weighted by atomic mass is 10.2. The van der Waals surface area contributed by atoms with Crippen LogP contribution in [0.3, 0.4) is 0 Å². The zero-order valence-electron chi connectivity index (χ0n) is 13.0. The predicted octanol–water partition coefficient (Wildman–Crippen LogP) is 5.14. The van der Waals surface area contributed by atoms with Crippen LogP contribution in [0, 0.1) is 12.7 Å². The minimum absolute atomic E-state index is 0.252. The summed E-state index contributed by atoms with van der Waals surface area (Å²) in [5.74, 6) is 0.0710. The van der Waals surface area contributed by atoms with Crippen LogP contribution in [-0.2, 0) is 5.75 Å². The lowest BCUT2D eigenvalue weighted by molar-refractivity contribution is 0.102. The number of benzene rings is 2. The van der Waals surface area contributed by atoms with Crippen LogP contribution in [0.1, 0.15) is 21.1 Å². The standard InChI is InChI=1S/C18H15FN2OS2/c1-12-20-15(10-23-12)11-24-17-8-3-2-7-16(17)18(22)21-14-6-4-5-13(19)9-14/h2-10H,11H2,1H3,(H,21,22). The van der Waals surface area contributed by atoms with Gasteiger partial charge in [-0.15, -0.1) is 23.1 Å². The van der Waals surface area contributed by atoms with E-state index in [1.165, 1.54) is 12.1 Å². The molecular formula is C18H15FN2OS2. The molecule has 0 atom stereocenters. The van der Waals surface area contributed by atoms with Gasteiger partial charge in [-0.2, -0.15) is 0 Å². The number of amides is 1. The van der Waals surface area contributed by atoms with Crippen molar-refractivity contribution in [2.75, 3.05) is 5.32 Å². The summed E-state index contributed by atoms with van der Waals surface area (Å²) in [5, 5.41) is 5.79. The number of hydrogen-bond donors (Lipinski definition) is 1. The van der Waals surface area contributed by atoms with Crippen LogP contribution < -0.4 is 5.32 Å². The molecule has 0 aliphatic carbocycles. The van der Waals surface area contributed by atoms with Gasteiger partial charge in [0.25, 0.3) is 5.91 Å². The number of carbonyl (C=O) groups excluding carboxylic acids is 1. The maximum absolute atomic E-state index is 13.2. The van der Waals surface area contributed by atoms with Crippen LogP contribution >= 0.6 is 23.1 Å². The average molecular weight is 358 g/mol. The molecule has 2 aromatic carbocycles. The van der Waals surface area contributed by atoms with Crippen LogP contribution in [0.5, 0.6) is 0 Å². The van der Waals surface area contributed by atoms with Crippen LogP contribution in [0.2, 0.25) is 0 Å².